The third-order valence-corrected chi connectivity index (χ3v) is 14.0. The van der Waals surface area contributed by atoms with Crippen LogP contribution in [-0.2, 0) is 73.6 Å². The van der Waals surface area contributed by atoms with Gasteiger partial charge in [0, 0.05) is 32.2 Å². The standard InChI is InChI=1S/C58H74N10O15/c1-3-34(2)49(56(80)66-46(33-71)58(82)83)67-52(76)42(27-36-16-9-5-10-17-36)61-51(75)41(28-38-21-23-39(72)24-22-38)62-53(77)45(32-70)65-55(79)47-20-13-25-68(47)57(81)43(29-37-18-11-6-12-19-37)63-54(78)44(31-69)64-50(74)40(60-48(73)30-59)26-35-14-7-4-8-15-35/h4-12,14-19,21-24,34,40-47,49,69-72H,3,13,20,25-33,59H2,1-2H3,(H,60,73)(H,61,75)(H,62,77)(H,63,78)(H,64,74)(H,65,79)(H,66,80)(H,67,76)(H,82,83)/t34-,40-,41-,42-,43-,44-,45-,46-,47-,49-/m0/s1. The largest absolute Gasteiger partial charge is 0.508 e. The molecule has 0 aliphatic carbocycles. The molecule has 0 saturated carbocycles. The van der Waals surface area contributed by atoms with Crippen LogP contribution in [-0.4, -0.2) is 177 Å². The summed E-state index contributed by atoms with van der Waals surface area (Å²) in [5, 5.41) is 70.2. The fraction of sp³-hybridized carbons (Fsp3) is 0.414. The van der Waals surface area contributed by atoms with Crippen LogP contribution in [0.5, 0.6) is 5.75 Å². The van der Waals surface area contributed by atoms with Gasteiger partial charge in [0.2, 0.25) is 53.2 Å². The number of carbonyl (C=O) groups is 10. The zero-order chi connectivity index (χ0) is 60.6. The Morgan fingerprint density at radius 2 is 0.892 bits per heavy atom. The van der Waals surface area contributed by atoms with E-state index in [4.69, 9.17) is 5.73 Å². The van der Waals surface area contributed by atoms with Gasteiger partial charge in [0.15, 0.2) is 0 Å². The van der Waals surface area contributed by atoms with Crippen molar-refractivity contribution in [1.82, 2.24) is 47.4 Å². The first-order valence-electron chi connectivity index (χ1n) is 27.2. The highest BCUT2D eigenvalue weighted by Gasteiger charge is 2.41. The number of benzene rings is 4. The Kier molecular flexibility index (Phi) is 25.6. The molecule has 9 amide bonds. The molecule has 25 heteroatoms. The lowest BCUT2D eigenvalue weighted by atomic mass is 9.96. The van der Waals surface area contributed by atoms with E-state index in [-0.39, 0.29) is 44.4 Å². The monoisotopic (exact) mass is 1150 g/mol. The number of phenols is 1. The third-order valence-electron chi connectivity index (χ3n) is 14.0. The third kappa shape index (κ3) is 19.7. The van der Waals surface area contributed by atoms with Crippen LogP contribution in [0.2, 0.25) is 0 Å². The molecule has 0 bridgehead atoms. The van der Waals surface area contributed by atoms with E-state index in [1.165, 1.54) is 29.2 Å². The van der Waals surface area contributed by atoms with Gasteiger partial charge in [0.25, 0.3) is 0 Å². The Balaban J connectivity index is 1.35. The maximum absolute atomic E-state index is 14.6. The number of carboxylic acid groups (broad SMARTS) is 1. The van der Waals surface area contributed by atoms with Gasteiger partial charge in [-0.05, 0) is 53.1 Å². The summed E-state index contributed by atoms with van der Waals surface area (Å²) in [4.78, 5) is 138. The van der Waals surface area contributed by atoms with E-state index in [2.05, 4.69) is 42.5 Å². The van der Waals surface area contributed by atoms with Gasteiger partial charge < -0.3 is 78.7 Å². The second-order valence-electron chi connectivity index (χ2n) is 20.1. The van der Waals surface area contributed by atoms with Crippen LogP contribution in [0, 0.1) is 5.92 Å². The fourth-order valence-electron chi connectivity index (χ4n) is 9.15. The van der Waals surface area contributed by atoms with Crippen LogP contribution in [0.3, 0.4) is 0 Å². The molecule has 1 aliphatic heterocycles. The Morgan fingerprint density at radius 1 is 0.506 bits per heavy atom. The summed E-state index contributed by atoms with van der Waals surface area (Å²) in [6, 6.07) is 18.1. The topological polar surface area (TPSA) is 397 Å². The number of nitrogens with two attached hydrogens (primary N) is 1. The van der Waals surface area contributed by atoms with Crippen molar-refractivity contribution in [2.45, 2.75) is 113 Å². The van der Waals surface area contributed by atoms with Crippen LogP contribution in [0.15, 0.2) is 115 Å². The molecule has 83 heavy (non-hydrogen) atoms. The smallest absolute Gasteiger partial charge is 0.328 e. The normalized spacial score (nSPS) is 16.1. The molecule has 25 nitrogen and oxygen atoms in total. The number of aliphatic hydroxyl groups excluding tert-OH is 3. The summed E-state index contributed by atoms with van der Waals surface area (Å²) in [7, 11) is 0. The first kappa shape index (κ1) is 65.0. The van der Waals surface area contributed by atoms with Crippen LogP contribution in [0.25, 0.3) is 0 Å². The number of hydrogen-bond acceptors (Lipinski definition) is 15. The second-order valence-corrected chi connectivity index (χ2v) is 20.1. The number of likely N-dealkylation sites (tertiary alicyclic amines) is 1. The second kappa shape index (κ2) is 32.6. The summed E-state index contributed by atoms with van der Waals surface area (Å²) < 4.78 is 0. The molecule has 5 rings (SSSR count). The minimum Gasteiger partial charge on any atom is -0.508 e. The Bertz CT molecular complexity index is 2830. The minimum absolute atomic E-state index is 0.00752. The van der Waals surface area contributed by atoms with Gasteiger partial charge in [-0.3, -0.25) is 43.2 Å². The summed E-state index contributed by atoms with van der Waals surface area (Å²) in [6.07, 6.45) is 0.187. The van der Waals surface area contributed by atoms with E-state index in [1.54, 1.807) is 105 Å². The molecule has 1 saturated heterocycles. The van der Waals surface area contributed by atoms with E-state index < -0.39 is 146 Å². The molecule has 0 unspecified atom stereocenters. The maximum atomic E-state index is 14.6. The molecule has 446 valence electrons. The van der Waals surface area contributed by atoms with Gasteiger partial charge in [-0.1, -0.05) is 123 Å². The van der Waals surface area contributed by atoms with Crippen molar-refractivity contribution in [3.05, 3.63) is 138 Å². The van der Waals surface area contributed by atoms with Crippen LogP contribution in [0.4, 0.5) is 0 Å². The Labute approximate surface area is 479 Å². The Hall–Kier alpha value is -8.78. The highest BCUT2D eigenvalue weighted by molar-refractivity contribution is 5.99. The molecule has 15 N–H and O–H groups in total. The molecule has 0 spiro atoms. The number of aliphatic hydroxyl groups is 3. The molecule has 4 aromatic carbocycles. The zero-order valence-corrected chi connectivity index (χ0v) is 46.1. The number of aliphatic carboxylic acids is 1. The van der Waals surface area contributed by atoms with E-state index in [9.17, 15) is 73.5 Å². The van der Waals surface area contributed by atoms with Crippen LogP contribution in [0.1, 0.15) is 55.4 Å². The molecule has 0 radical (unpaired) electrons. The van der Waals surface area contributed by atoms with E-state index >= 15 is 0 Å². The highest BCUT2D eigenvalue weighted by atomic mass is 16.4. The van der Waals surface area contributed by atoms with Crippen LogP contribution >= 0.6 is 0 Å². The average Bonchev–Trinajstić information content (AvgIpc) is 4.12. The summed E-state index contributed by atoms with van der Waals surface area (Å²) in [5.74, 6) is -10.1. The average molecular weight is 1150 g/mol. The molecule has 0 aromatic heterocycles. The number of nitrogens with one attached hydrogen (secondary N) is 8. The lowest BCUT2D eigenvalue weighted by molar-refractivity contribution is -0.143. The van der Waals surface area contributed by atoms with Crippen molar-refractivity contribution >= 4 is 59.1 Å². The van der Waals surface area contributed by atoms with Gasteiger partial charge in [0.05, 0.1) is 26.4 Å². The van der Waals surface area contributed by atoms with E-state index in [0.717, 1.165) is 0 Å². The van der Waals surface area contributed by atoms with Gasteiger partial charge in [0.1, 0.15) is 60.1 Å². The summed E-state index contributed by atoms with van der Waals surface area (Å²) in [6.45, 7) is 0.0779. The lowest BCUT2D eigenvalue weighted by Crippen LogP contribution is -2.62. The number of aromatic hydroxyl groups is 1. The quantitative estimate of drug-likeness (QED) is 0.0250. The summed E-state index contributed by atoms with van der Waals surface area (Å²) >= 11 is 0. The van der Waals surface area contributed by atoms with Gasteiger partial charge in [-0.2, -0.15) is 0 Å². The Morgan fingerprint density at radius 3 is 1.34 bits per heavy atom. The van der Waals surface area contributed by atoms with Crippen LogP contribution < -0.4 is 48.3 Å². The van der Waals surface area contributed by atoms with Crippen molar-refractivity contribution in [3.63, 3.8) is 0 Å². The zero-order valence-electron chi connectivity index (χ0n) is 46.1. The van der Waals surface area contributed by atoms with Crippen molar-refractivity contribution < 1.29 is 73.5 Å². The number of carbonyl (C=O) groups excluding carboxylic acids is 9. The molecule has 10 atom stereocenters. The number of hydrogen-bond donors (Lipinski definition) is 14. The number of phenolic OH excluding ortho intramolecular Hbond substituents is 1. The van der Waals surface area contributed by atoms with Gasteiger partial charge in [-0.25, -0.2) is 4.79 Å². The minimum atomic E-state index is -1.74. The van der Waals surface area contributed by atoms with Crippen molar-refractivity contribution in [1.29, 1.82) is 0 Å². The number of carboxylic acids is 1. The SMILES string of the molecule is CC[C@H](C)[C@H](NC(=O)[C@H](Cc1ccccc1)NC(=O)[C@H](Cc1ccc(O)cc1)NC(=O)[C@H](CO)NC(=O)[C@@H]1CCCN1C(=O)[C@H](Cc1ccccc1)NC(=O)[C@H](CO)NC(=O)[C@H](Cc1ccccc1)NC(=O)CN)C(=O)N[C@@H](CO)C(=O)O. The molecular formula is C58H74N10O15. The predicted molar refractivity (Wildman–Crippen MR) is 300 cm³/mol. The van der Waals surface area contributed by atoms with E-state index in [0.29, 0.717) is 35.1 Å². The van der Waals surface area contributed by atoms with E-state index in [1.807, 2.05) is 0 Å². The number of nitrogens with zero attached hydrogens (tertiary/aromatic N) is 1. The predicted octanol–water partition coefficient (Wildman–Crippen LogP) is -2.40. The number of rotatable bonds is 31. The molecule has 1 heterocycles. The lowest BCUT2D eigenvalue weighted by Gasteiger charge is -2.31. The van der Waals surface area contributed by atoms with Crippen molar-refractivity contribution in [2.24, 2.45) is 11.7 Å². The van der Waals surface area contributed by atoms with Crippen molar-refractivity contribution in [2.75, 3.05) is 32.9 Å². The van der Waals surface area contributed by atoms with Crippen molar-refractivity contribution in [3.8, 4) is 5.75 Å². The number of amides is 9. The highest BCUT2D eigenvalue weighted by Crippen LogP contribution is 2.21. The maximum Gasteiger partial charge on any atom is 0.328 e. The first-order valence-corrected chi connectivity index (χ1v) is 27.2. The molecule has 4 aromatic rings. The fourth-order valence-corrected chi connectivity index (χ4v) is 9.15. The molecule has 1 fully saturated rings. The molecular weight excluding hydrogens is 1080 g/mol. The van der Waals surface area contributed by atoms with Gasteiger partial charge in [-0.15, -0.1) is 0 Å². The molecule has 1 aliphatic rings. The first-order chi connectivity index (χ1) is 39.8. The summed E-state index contributed by atoms with van der Waals surface area (Å²) in [5.41, 5.74) is 7.74. The van der Waals surface area contributed by atoms with Gasteiger partial charge >= 0.3 is 5.97 Å².